The van der Waals surface area contributed by atoms with E-state index in [4.69, 9.17) is 4.42 Å². The summed E-state index contributed by atoms with van der Waals surface area (Å²) in [5.41, 5.74) is 2.08. The molecular formula is C18H18FN3O. The van der Waals surface area contributed by atoms with E-state index in [1.807, 2.05) is 12.3 Å². The Morgan fingerprint density at radius 1 is 1.26 bits per heavy atom. The van der Waals surface area contributed by atoms with Gasteiger partial charge >= 0.3 is 0 Å². The molecule has 1 aromatic carbocycles. The number of hydrogen-bond donors (Lipinski definition) is 1. The molecule has 4 nitrogen and oxygen atoms in total. The van der Waals surface area contributed by atoms with Gasteiger partial charge in [-0.25, -0.2) is 9.37 Å². The summed E-state index contributed by atoms with van der Waals surface area (Å²) in [5, 5.41) is 0. The van der Waals surface area contributed by atoms with Crippen LogP contribution in [0.15, 0.2) is 53.2 Å². The SMILES string of the molecule is Fc1ccc(-c2cnc(CN3CCC[C@H]3c3ccc[nH]3)o2)cc1. The molecule has 0 radical (unpaired) electrons. The van der Waals surface area contributed by atoms with Gasteiger partial charge in [-0.05, 0) is 55.8 Å². The normalized spacial score (nSPS) is 18.6. The number of aromatic amines is 1. The van der Waals surface area contributed by atoms with Crippen molar-refractivity contribution in [1.29, 1.82) is 0 Å². The molecule has 5 heteroatoms. The van der Waals surface area contributed by atoms with E-state index in [2.05, 4.69) is 20.9 Å². The van der Waals surface area contributed by atoms with Gasteiger partial charge in [-0.3, -0.25) is 4.90 Å². The molecule has 2 aromatic heterocycles. The third-order valence-electron chi connectivity index (χ3n) is 4.37. The van der Waals surface area contributed by atoms with Gasteiger partial charge in [-0.1, -0.05) is 0 Å². The molecule has 0 saturated carbocycles. The van der Waals surface area contributed by atoms with Crippen LogP contribution in [0.3, 0.4) is 0 Å². The van der Waals surface area contributed by atoms with E-state index in [-0.39, 0.29) is 5.82 Å². The number of aromatic nitrogens is 2. The van der Waals surface area contributed by atoms with Crippen LogP contribution in [0, 0.1) is 5.82 Å². The molecule has 1 N–H and O–H groups in total. The molecule has 3 heterocycles. The highest BCUT2D eigenvalue weighted by Gasteiger charge is 2.27. The number of hydrogen-bond acceptors (Lipinski definition) is 3. The lowest BCUT2D eigenvalue weighted by Gasteiger charge is -2.21. The van der Waals surface area contributed by atoms with Gasteiger partial charge in [0.15, 0.2) is 5.76 Å². The van der Waals surface area contributed by atoms with Crippen molar-refractivity contribution < 1.29 is 8.81 Å². The number of halogens is 1. The fraction of sp³-hybridized carbons (Fsp3) is 0.278. The minimum atomic E-state index is -0.251. The topological polar surface area (TPSA) is 45.1 Å². The molecule has 0 spiro atoms. The third kappa shape index (κ3) is 2.92. The van der Waals surface area contributed by atoms with Crippen LogP contribution in [0.4, 0.5) is 4.39 Å². The molecule has 1 fully saturated rings. The summed E-state index contributed by atoms with van der Waals surface area (Å²) < 4.78 is 18.9. The summed E-state index contributed by atoms with van der Waals surface area (Å²) in [4.78, 5) is 10.1. The average molecular weight is 311 g/mol. The van der Waals surface area contributed by atoms with Crippen LogP contribution in [0.1, 0.15) is 30.5 Å². The summed E-state index contributed by atoms with van der Waals surface area (Å²) in [7, 11) is 0. The second-order valence-electron chi connectivity index (χ2n) is 5.88. The lowest BCUT2D eigenvalue weighted by molar-refractivity contribution is 0.221. The molecule has 1 aliphatic rings. The molecule has 1 aliphatic heterocycles. The van der Waals surface area contributed by atoms with Crippen LogP contribution in [-0.2, 0) is 6.54 Å². The molecule has 0 unspecified atom stereocenters. The smallest absolute Gasteiger partial charge is 0.209 e. The number of nitrogens with zero attached hydrogens (tertiary/aromatic N) is 2. The maximum atomic E-state index is 13.0. The lowest BCUT2D eigenvalue weighted by Crippen LogP contribution is -2.23. The van der Waals surface area contributed by atoms with E-state index >= 15 is 0 Å². The van der Waals surface area contributed by atoms with Crippen molar-refractivity contribution in [2.75, 3.05) is 6.54 Å². The van der Waals surface area contributed by atoms with Crippen LogP contribution in [0.25, 0.3) is 11.3 Å². The zero-order valence-corrected chi connectivity index (χ0v) is 12.7. The van der Waals surface area contributed by atoms with Crippen LogP contribution in [-0.4, -0.2) is 21.4 Å². The second kappa shape index (κ2) is 6.01. The number of H-pyrrole nitrogens is 1. The molecule has 0 amide bonds. The van der Waals surface area contributed by atoms with Crippen molar-refractivity contribution in [3.05, 3.63) is 66.2 Å². The van der Waals surface area contributed by atoms with Crippen LogP contribution in [0.5, 0.6) is 0 Å². The molecule has 0 bridgehead atoms. The number of benzene rings is 1. The predicted molar refractivity (Wildman–Crippen MR) is 85.1 cm³/mol. The van der Waals surface area contributed by atoms with Crippen molar-refractivity contribution >= 4 is 0 Å². The summed E-state index contributed by atoms with van der Waals surface area (Å²) in [6, 6.07) is 10.8. The fourth-order valence-electron chi connectivity index (χ4n) is 3.22. The second-order valence-corrected chi connectivity index (χ2v) is 5.88. The summed E-state index contributed by atoms with van der Waals surface area (Å²) >= 11 is 0. The zero-order valence-electron chi connectivity index (χ0n) is 12.7. The molecule has 4 rings (SSSR count). The van der Waals surface area contributed by atoms with E-state index in [0.717, 1.165) is 18.5 Å². The van der Waals surface area contributed by atoms with Crippen molar-refractivity contribution in [2.24, 2.45) is 0 Å². The Hall–Kier alpha value is -2.40. The first kappa shape index (κ1) is 14.2. The fourth-order valence-corrected chi connectivity index (χ4v) is 3.22. The Balaban J connectivity index is 1.50. The zero-order chi connectivity index (χ0) is 15.6. The van der Waals surface area contributed by atoms with E-state index in [1.165, 1.54) is 24.2 Å². The van der Waals surface area contributed by atoms with Gasteiger partial charge in [0.1, 0.15) is 5.82 Å². The summed E-state index contributed by atoms with van der Waals surface area (Å²) in [6.07, 6.45) is 5.99. The number of nitrogens with one attached hydrogen (secondary N) is 1. The summed E-state index contributed by atoms with van der Waals surface area (Å²) in [5.74, 6) is 1.12. The monoisotopic (exact) mass is 311 g/mol. The van der Waals surface area contributed by atoms with E-state index in [9.17, 15) is 4.39 Å². The first-order valence-corrected chi connectivity index (χ1v) is 7.87. The Morgan fingerprint density at radius 3 is 2.91 bits per heavy atom. The van der Waals surface area contributed by atoms with Crippen molar-refractivity contribution in [3.8, 4) is 11.3 Å². The highest BCUT2D eigenvalue weighted by Crippen LogP contribution is 2.32. The average Bonchev–Trinajstić information content (AvgIpc) is 3.29. The van der Waals surface area contributed by atoms with Gasteiger partial charge in [-0.2, -0.15) is 0 Å². The molecule has 1 saturated heterocycles. The predicted octanol–water partition coefficient (Wildman–Crippen LogP) is 4.15. The molecule has 23 heavy (non-hydrogen) atoms. The van der Waals surface area contributed by atoms with Gasteiger partial charge in [0, 0.05) is 17.5 Å². The highest BCUT2D eigenvalue weighted by molar-refractivity contribution is 5.55. The highest BCUT2D eigenvalue weighted by atomic mass is 19.1. The largest absolute Gasteiger partial charge is 0.439 e. The van der Waals surface area contributed by atoms with Gasteiger partial charge in [0.2, 0.25) is 5.89 Å². The first-order valence-electron chi connectivity index (χ1n) is 7.87. The first-order chi connectivity index (χ1) is 11.3. The van der Waals surface area contributed by atoms with Crippen molar-refractivity contribution in [1.82, 2.24) is 14.9 Å². The maximum absolute atomic E-state index is 13.0. The van der Waals surface area contributed by atoms with Gasteiger partial charge in [0.25, 0.3) is 0 Å². The maximum Gasteiger partial charge on any atom is 0.209 e. The van der Waals surface area contributed by atoms with E-state index in [1.54, 1.807) is 18.3 Å². The summed E-state index contributed by atoms with van der Waals surface area (Å²) in [6.45, 7) is 1.73. The quantitative estimate of drug-likeness (QED) is 0.787. The molecule has 0 aliphatic carbocycles. The van der Waals surface area contributed by atoms with Gasteiger partial charge in [0.05, 0.1) is 18.8 Å². The van der Waals surface area contributed by atoms with Crippen molar-refractivity contribution in [3.63, 3.8) is 0 Å². The number of rotatable bonds is 4. The Bertz CT molecular complexity index is 764. The molecule has 1 atom stereocenters. The van der Waals surface area contributed by atoms with Crippen LogP contribution < -0.4 is 0 Å². The van der Waals surface area contributed by atoms with E-state index in [0.29, 0.717) is 24.2 Å². The molecule has 118 valence electrons. The van der Waals surface area contributed by atoms with Gasteiger partial charge < -0.3 is 9.40 Å². The number of likely N-dealkylation sites (tertiary alicyclic amines) is 1. The Labute approximate surface area is 134 Å². The molecule has 3 aromatic rings. The minimum Gasteiger partial charge on any atom is -0.439 e. The van der Waals surface area contributed by atoms with Crippen LogP contribution >= 0.6 is 0 Å². The van der Waals surface area contributed by atoms with Crippen LogP contribution in [0.2, 0.25) is 0 Å². The number of oxazole rings is 1. The Kier molecular flexibility index (Phi) is 3.71. The van der Waals surface area contributed by atoms with Gasteiger partial charge in [-0.15, -0.1) is 0 Å². The molecular weight excluding hydrogens is 293 g/mol. The van der Waals surface area contributed by atoms with Crippen molar-refractivity contribution in [2.45, 2.75) is 25.4 Å². The van der Waals surface area contributed by atoms with E-state index < -0.39 is 0 Å². The standard InChI is InChI=1S/C18H18FN3O/c19-14-7-5-13(6-8-14)17-11-21-18(23-17)12-22-10-2-4-16(22)15-3-1-9-20-15/h1,3,5-9,11,16,20H,2,4,10,12H2/t16-/m0/s1. The minimum absolute atomic E-state index is 0.251. The third-order valence-corrected chi connectivity index (χ3v) is 4.37. The Morgan fingerprint density at radius 2 is 2.13 bits per heavy atom. The lowest BCUT2D eigenvalue weighted by atomic mass is 10.1.